The molecule has 0 aliphatic carbocycles. The summed E-state index contributed by atoms with van der Waals surface area (Å²) >= 11 is 3.55. The van der Waals surface area contributed by atoms with E-state index in [1.54, 1.807) is 14.2 Å². The van der Waals surface area contributed by atoms with E-state index in [1.807, 2.05) is 30.3 Å². The first-order valence-electron chi connectivity index (χ1n) is 5.72. The first-order chi connectivity index (χ1) is 9.26. The first-order valence-corrected chi connectivity index (χ1v) is 6.51. The Morgan fingerprint density at radius 2 is 1.63 bits per heavy atom. The number of rotatable bonds is 6. The van der Waals surface area contributed by atoms with Gasteiger partial charge in [0.2, 0.25) is 0 Å². The highest BCUT2D eigenvalue weighted by Gasteiger charge is 2.07. The summed E-state index contributed by atoms with van der Waals surface area (Å²) in [6.45, 7) is 0.437. The van der Waals surface area contributed by atoms with Crippen molar-refractivity contribution in [2.75, 3.05) is 27.8 Å². The van der Waals surface area contributed by atoms with Crippen LogP contribution in [0.4, 0.5) is 0 Å². The Bertz CT molecular complexity index is 551. The molecule has 0 aliphatic heterocycles. The van der Waals surface area contributed by atoms with Gasteiger partial charge in [-0.2, -0.15) is 0 Å². The molecule has 0 aromatic heterocycles. The molecule has 4 nitrogen and oxygen atoms in total. The predicted molar refractivity (Wildman–Crippen MR) is 76.7 cm³/mol. The van der Waals surface area contributed by atoms with Crippen molar-refractivity contribution in [1.29, 1.82) is 0 Å². The minimum atomic E-state index is 0.212. The Balaban J connectivity index is 2.35. The monoisotopic (exact) mass is 326 g/mol. The molecule has 0 heterocycles. The van der Waals surface area contributed by atoms with Crippen LogP contribution in [0.3, 0.4) is 0 Å². The Morgan fingerprint density at radius 3 is 2.37 bits per heavy atom. The standard InChI is InChI=1S/C14H15BrO4/c1-16-8-18-11-5-3-10-4-6-13(19-9-17-2)14(15)12(10)7-11/h3-7H,8-9H2,1-2H3. The minimum Gasteiger partial charge on any atom is -0.468 e. The Labute approximate surface area is 120 Å². The van der Waals surface area contributed by atoms with Crippen LogP contribution in [0.2, 0.25) is 0 Å². The van der Waals surface area contributed by atoms with E-state index < -0.39 is 0 Å². The topological polar surface area (TPSA) is 36.9 Å². The second-order valence-corrected chi connectivity index (χ2v) is 4.66. The number of hydrogen-bond acceptors (Lipinski definition) is 4. The first kappa shape index (κ1) is 14.1. The zero-order valence-electron chi connectivity index (χ0n) is 10.8. The van der Waals surface area contributed by atoms with Gasteiger partial charge in [0.05, 0.1) is 4.47 Å². The molecule has 19 heavy (non-hydrogen) atoms. The molecule has 0 amide bonds. The highest BCUT2D eigenvalue weighted by molar-refractivity contribution is 9.10. The Hall–Kier alpha value is -1.30. The lowest BCUT2D eigenvalue weighted by molar-refractivity contribution is 0.0506. The van der Waals surface area contributed by atoms with Gasteiger partial charge in [0.15, 0.2) is 13.6 Å². The molecular weight excluding hydrogens is 312 g/mol. The lowest BCUT2D eigenvalue weighted by Gasteiger charge is -2.11. The number of ether oxygens (including phenoxy) is 4. The van der Waals surface area contributed by atoms with Gasteiger partial charge in [0, 0.05) is 19.6 Å². The molecule has 102 valence electrons. The lowest BCUT2D eigenvalue weighted by atomic mass is 10.1. The van der Waals surface area contributed by atoms with Crippen molar-refractivity contribution >= 4 is 26.7 Å². The van der Waals surface area contributed by atoms with E-state index in [1.165, 1.54) is 0 Å². The zero-order valence-corrected chi connectivity index (χ0v) is 12.4. The van der Waals surface area contributed by atoms with Gasteiger partial charge in [-0.25, -0.2) is 0 Å². The summed E-state index contributed by atoms with van der Waals surface area (Å²) < 4.78 is 21.6. The van der Waals surface area contributed by atoms with Crippen molar-refractivity contribution in [3.8, 4) is 11.5 Å². The maximum Gasteiger partial charge on any atom is 0.188 e. The smallest absolute Gasteiger partial charge is 0.188 e. The van der Waals surface area contributed by atoms with Crippen molar-refractivity contribution in [2.24, 2.45) is 0 Å². The van der Waals surface area contributed by atoms with Gasteiger partial charge in [-0.05, 0) is 39.5 Å². The fraction of sp³-hybridized carbons (Fsp3) is 0.286. The average Bonchev–Trinajstić information content (AvgIpc) is 2.45. The van der Waals surface area contributed by atoms with Crippen LogP contribution < -0.4 is 9.47 Å². The number of hydrogen-bond donors (Lipinski definition) is 0. The van der Waals surface area contributed by atoms with Gasteiger partial charge in [-0.1, -0.05) is 12.1 Å². The maximum atomic E-state index is 5.48. The SMILES string of the molecule is COCOc1ccc2ccc(OCOC)c(Br)c2c1. The Kier molecular flexibility index (Phi) is 5.01. The number of benzene rings is 2. The minimum absolute atomic E-state index is 0.212. The van der Waals surface area contributed by atoms with Gasteiger partial charge in [-0.15, -0.1) is 0 Å². The molecule has 0 radical (unpaired) electrons. The predicted octanol–water partition coefficient (Wildman–Crippen LogP) is 3.57. The molecule has 0 bridgehead atoms. The number of halogens is 1. The molecule has 0 aliphatic rings. The fourth-order valence-electron chi connectivity index (χ4n) is 1.69. The van der Waals surface area contributed by atoms with Crippen LogP contribution in [0.1, 0.15) is 0 Å². The second kappa shape index (κ2) is 6.75. The van der Waals surface area contributed by atoms with Crippen molar-refractivity contribution in [3.63, 3.8) is 0 Å². The third-order valence-corrected chi connectivity index (χ3v) is 3.39. The van der Waals surface area contributed by atoms with Crippen LogP contribution in [-0.4, -0.2) is 27.8 Å². The summed E-state index contributed by atoms with van der Waals surface area (Å²) in [5.41, 5.74) is 0. The molecule has 2 aromatic rings. The molecule has 0 atom stereocenters. The van der Waals surface area contributed by atoms with Crippen LogP contribution in [-0.2, 0) is 9.47 Å². The summed E-state index contributed by atoms with van der Waals surface area (Å²) in [6, 6.07) is 9.74. The molecular formula is C14H15BrO4. The summed E-state index contributed by atoms with van der Waals surface area (Å²) in [5, 5.41) is 2.11. The van der Waals surface area contributed by atoms with E-state index in [-0.39, 0.29) is 13.6 Å². The molecule has 0 saturated carbocycles. The van der Waals surface area contributed by atoms with Crippen LogP contribution in [0.5, 0.6) is 11.5 Å². The highest BCUT2D eigenvalue weighted by Crippen LogP contribution is 2.35. The van der Waals surface area contributed by atoms with E-state index in [4.69, 9.17) is 18.9 Å². The van der Waals surface area contributed by atoms with Crippen molar-refractivity contribution in [1.82, 2.24) is 0 Å². The third-order valence-electron chi connectivity index (χ3n) is 2.57. The largest absolute Gasteiger partial charge is 0.468 e. The van der Waals surface area contributed by atoms with Crippen LogP contribution >= 0.6 is 15.9 Å². The summed E-state index contributed by atoms with van der Waals surface area (Å²) in [7, 11) is 3.18. The van der Waals surface area contributed by atoms with Gasteiger partial charge in [0.1, 0.15) is 11.5 Å². The maximum absolute atomic E-state index is 5.48. The van der Waals surface area contributed by atoms with Gasteiger partial charge < -0.3 is 18.9 Å². The average molecular weight is 327 g/mol. The molecule has 5 heteroatoms. The molecule has 0 fully saturated rings. The third kappa shape index (κ3) is 3.37. The normalized spacial score (nSPS) is 10.7. The fourth-order valence-corrected chi connectivity index (χ4v) is 2.28. The van der Waals surface area contributed by atoms with Crippen molar-refractivity contribution in [3.05, 3.63) is 34.8 Å². The molecule has 0 spiro atoms. The van der Waals surface area contributed by atoms with Crippen molar-refractivity contribution in [2.45, 2.75) is 0 Å². The van der Waals surface area contributed by atoms with E-state index in [9.17, 15) is 0 Å². The summed E-state index contributed by atoms with van der Waals surface area (Å²) in [4.78, 5) is 0. The van der Waals surface area contributed by atoms with Crippen molar-refractivity contribution < 1.29 is 18.9 Å². The van der Waals surface area contributed by atoms with Crippen LogP contribution in [0.15, 0.2) is 34.8 Å². The van der Waals surface area contributed by atoms with Gasteiger partial charge >= 0.3 is 0 Å². The van der Waals surface area contributed by atoms with E-state index in [0.717, 1.165) is 26.7 Å². The van der Waals surface area contributed by atoms with E-state index in [2.05, 4.69) is 15.9 Å². The quantitative estimate of drug-likeness (QED) is 0.760. The summed E-state index contributed by atoms with van der Waals surface area (Å²) in [6.07, 6.45) is 0. The molecule has 0 saturated heterocycles. The van der Waals surface area contributed by atoms with E-state index in [0.29, 0.717) is 0 Å². The van der Waals surface area contributed by atoms with E-state index >= 15 is 0 Å². The lowest BCUT2D eigenvalue weighted by Crippen LogP contribution is -2.00. The van der Waals surface area contributed by atoms with Gasteiger partial charge in [-0.3, -0.25) is 0 Å². The molecule has 0 unspecified atom stereocenters. The van der Waals surface area contributed by atoms with Crippen LogP contribution in [0.25, 0.3) is 10.8 Å². The second-order valence-electron chi connectivity index (χ2n) is 3.86. The number of fused-ring (bicyclic) bond motifs is 1. The van der Waals surface area contributed by atoms with Gasteiger partial charge in [0.25, 0.3) is 0 Å². The Morgan fingerprint density at radius 1 is 0.947 bits per heavy atom. The summed E-state index contributed by atoms with van der Waals surface area (Å²) in [5.74, 6) is 1.48. The molecule has 2 rings (SSSR count). The molecule has 2 aromatic carbocycles. The van der Waals surface area contributed by atoms with Crippen LogP contribution in [0, 0.1) is 0 Å². The number of methoxy groups -OCH3 is 2. The molecule has 0 N–H and O–H groups in total. The zero-order chi connectivity index (χ0) is 13.7. The highest BCUT2D eigenvalue weighted by atomic mass is 79.9.